The van der Waals surface area contributed by atoms with Crippen molar-refractivity contribution >= 4 is 34.1 Å². The highest BCUT2D eigenvalue weighted by atomic mass is 79.9. The number of rotatable bonds is 4. The molecule has 0 bridgehead atoms. The molecule has 0 N–H and O–H groups in total. The van der Waals surface area contributed by atoms with E-state index in [2.05, 4.69) is 20.9 Å². The smallest absolute Gasteiger partial charge is 0.165 e. The summed E-state index contributed by atoms with van der Waals surface area (Å²) in [6, 6.07) is 4.21. The summed E-state index contributed by atoms with van der Waals surface area (Å²) in [4.78, 5) is 13.8. The molecule has 1 rings (SSSR count). The SMILES string of the molecule is COc1cc(N=CC(Br)C=O)ccc1F. The Hall–Kier alpha value is -1.23. The van der Waals surface area contributed by atoms with Gasteiger partial charge in [-0.1, -0.05) is 15.9 Å². The molecular weight excluding hydrogens is 265 g/mol. The molecule has 0 saturated heterocycles. The fourth-order valence-corrected chi connectivity index (χ4v) is 1.04. The highest BCUT2D eigenvalue weighted by Gasteiger charge is 2.02. The molecule has 0 aromatic heterocycles. The van der Waals surface area contributed by atoms with Crippen LogP contribution in [-0.2, 0) is 4.79 Å². The average Bonchev–Trinajstić information content (AvgIpc) is 2.27. The Kier molecular flexibility index (Phi) is 4.42. The number of benzene rings is 1. The van der Waals surface area contributed by atoms with Gasteiger partial charge in [-0.15, -0.1) is 0 Å². The molecule has 0 aliphatic carbocycles. The van der Waals surface area contributed by atoms with E-state index in [0.717, 1.165) is 0 Å². The fourth-order valence-electron chi connectivity index (χ4n) is 0.921. The molecule has 1 aromatic rings. The van der Waals surface area contributed by atoms with Crippen molar-refractivity contribution in [2.75, 3.05) is 7.11 Å². The van der Waals surface area contributed by atoms with Gasteiger partial charge in [-0.05, 0) is 12.1 Å². The number of nitrogens with zero attached hydrogens (tertiary/aromatic N) is 1. The molecule has 1 unspecified atom stereocenters. The third-order valence-electron chi connectivity index (χ3n) is 1.63. The van der Waals surface area contributed by atoms with E-state index >= 15 is 0 Å². The van der Waals surface area contributed by atoms with Crippen LogP contribution in [-0.4, -0.2) is 24.4 Å². The Morgan fingerprint density at radius 3 is 2.93 bits per heavy atom. The lowest BCUT2D eigenvalue weighted by atomic mass is 10.3. The number of hydrogen-bond donors (Lipinski definition) is 0. The molecule has 0 heterocycles. The number of hydrogen-bond acceptors (Lipinski definition) is 3. The zero-order valence-corrected chi connectivity index (χ0v) is 9.57. The first-order valence-corrected chi connectivity index (χ1v) is 5.06. The van der Waals surface area contributed by atoms with Crippen molar-refractivity contribution in [1.29, 1.82) is 0 Å². The number of carbonyl (C=O) groups excluding carboxylic acids is 1. The summed E-state index contributed by atoms with van der Waals surface area (Å²) in [5.74, 6) is -0.316. The van der Waals surface area contributed by atoms with E-state index < -0.39 is 10.6 Å². The van der Waals surface area contributed by atoms with E-state index in [0.29, 0.717) is 12.0 Å². The number of methoxy groups -OCH3 is 1. The molecule has 0 aliphatic rings. The standard InChI is InChI=1S/C10H9BrFNO2/c1-15-10-4-8(2-3-9(10)12)13-5-7(11)6-14/h2-7H,1H3. The van der Waals surface area contributed by atoms with E-state index in [4.69, 9.17) is 4.74 Å². The van der Waals surface area contributed by atoms with Gasteiger partial charge in [0.05, 0.1) is 12.8 Å². The van der Waals surface area contributed by atoms with E-state index in [1.165, 1.54) is 31.5 Å². The number of alkyl halides is 1. The van der Waals surface area contributed by atoms with Gasteiger partial charge in [0.2, 0.25) is 0 Å². The summed E-state index contributed by atoms with van der Waals surface area (Å²) in [7, 11) is 1.38. The summed E-state index contributed by atoms with van der Waals surface area (Å²) in [6.45, 7) is 0. The molecule has 1 atom stereocenters. The topological polar surface area (TPSA) is 38.7 Å². The van der Waals surface area contributed by atoms with E-state index in [1.807, 2.05) is 0 Å². The number of carbonyl (C=O) groups is 1. The van der Waals surface area contributed by atoms with Crippen LogP contribution in [0.2, 0.25) is 0 Å². The van der Waals surface area contributed by atoms with Crippen LogP contribution in [0.5, 0.6) is 5.75 Å². The molecule has 5 heteroatoms. The predicted molar refractivity (Wildman–Crippen MR) is 59.9 cm³/mol. The molecule has 15 heavy (non-hydrogen) atoms. The lowest BCUT2D eigenvalue weighted by Crippen LogP contribution is -1.98. The number of aliphatic imine (C=N–C) groups is 1. The maximum atomic E-state index is 13.0. The van der Waals surface area contributed by atoms with Crippen LogP contribution in [0.25, 0.3) is 0 Å². The Morgan fingerprint density at radius 2 is 2.33 bits per heavy atom. The van der Waals surface area contributed by atoms with Gasteiger partial charge in [0.15, 0.2) is 11.6 Å². The second-order valence-corrected chi connectivity index (χ2v) is 3.73. The minimum Gasteiger partial charge on any atom is -0.494 e. The lowest BCUT2D eigenvalue weighted by Gasteiger charge is -2.02. The van der Waals surface area contributed by atoms with E-state index in [1.54, 1.807) is 0 Å². The molecule has 0 aliphatic heterocycles. The van der Waals surface area contributed by atoms with Crippen LogP contribution in [0, 0.1) is 5.82 Å². The predicted octanol–water partition coefficient (Wildman–Crippen LogP) is 2.50. The third kappa shape index (κ3) is 3.43. The Labute approximate surface area is 95.1 Å². The van der Waals surface area contributed by atoms with E-state index in [-0.39, 0.29) is 5.75 Å². The first-order chi connectivity index (χ1) is 7.17. The minimum atomic E-state index is -0.442. The summed E-state index contributed by atoms with van der Waals surface area (Å²) >= 11 is 3.06. The Balaban J connectivity index is 2.87. The molecule has 0 saturated carbocycles. The largest absolute Gasteiger partial charge is 0.494 e. The van der Waals surface area contributed by atoms with Gasteiger partial charge in [0.1, 0.15) is 11.1 Å². The lowest BCUT2D eigenvalue weighted by molar-refractivity contribution is -0.106. The molecule has 0 amide bonds. The second-order valence-electron chi connectivity index (χ2n) is 2.68. The van der Waals surface area contributed by atoms with Gasteiger partial charge >= 0.3 is 0 Å². The van der Waals surface area contributed by atoms with Gasteiger partial charge in [-0.3, -0.25) is 4.99 Å². The Morgan fingerprint density at radius 1 is 1.60 bits per heavy atom. The van der Waals surface area contributed by atoms with Crippen LogP contribution in [0.1, 0.15) is 0 Å². The fraction of sp³-hybridized carbons (Fsp3) is 0.200. The molecular formula is C10H9BrFNO2. The van der Waals surface area contributed by atoms with Crippen molar-refractivity contribution < 1.29 is 13.9 Å². The molecule has 0 fully saturated rings. The monoisotopic (exact) mass is 273 g/mol. The quantitative estimate of drug-likeness (QED) is 0.480. The van der Waals surface area contributed by atoms with Gasteiger partial charge < -0.3 is 9.53 Å². The minimum absolute atomic E-state index is 0.127. The maximum Gasteiger partial charge on any atom is 0.165 e. The maximum absolute atomic E-state index is 13.0. The summed E-state index contributed by atoms with van der Waals surface area (Å²) < 4.78 is 17.8. The zero-order chi connectivity index (χ0) is 11.3. The number of halogens is 2. The molecule has 3 nitrogen and oxygen atoms in total. The number of ether oxygens (including phenoxy) is 1. The Bertz CT molecular complexity index is 382. The van der Waals surface area contributed by atoms with Crippen molar-refractivity contribution in [1.82, 2.24) is 0 Å². The van der Waals surface area contributed by atoms with Crippen LogP contribution >= 0.6 is 15.9 Å². The highest BCUT2D eigenvalue weighted by Crippen LogP contribution is 2.23. The van der Waals surface area contributed by atoms with Crippen molar-refractivity contribution in [2.24, 2.45) is 4.99 Å². The van der Waals surface area contributed by atoms with Gasteiger partial charge in [0.25, 0.3) is 0 Å². The molecule has 0 spiro atoms. The average molecular weight is 274 g/mol. The molecule has 1 aromatic carbocycles. The summed E-state index contributed by atoms with van der Waals surface area (Å²) in [6.07, 6.45) is 2.12. The third-order valence-corrected chi connectivity index (χ3v) is 2.08. The molecule has 80 valence electrons. The first kappa shape index (κ1) is 11.8. The van der Waals surface area contributed by atoms with Crippen LogP contribution in [0.4, 0.5) is 10.1 Å². The first-order valence-electron chi connectivity index (χ1n) is 4.14. The summed E-state index contributed by atoms with van der Waals surface area (Å²) in [5.41, 5.74) is 0.527. The van der Waals surface area contributed by atoms with Crippen LogP contribution in [0.15, 0.2) is 23.2 Å². The summed E-state index contributed by atoms with van der Waals surface area (Å²) in [5, 5.41) is 0. The zero-order valence-electron chi connectivity index (χ0n) is 7.98. The second kappa shape index (κ2) is 5.60. The van der Waals surface area contributed by atoms with Crippen molar-refractivity contribution in [3.63, 3.8) is 0 Å². The van der Waals surface area contributed by atoms with Crippen LogP contribution in [0.3, 0.4) is 0 Å². The van der Waals surface area contributed by atoms with Crippen molar-refractivity contribution in [3.8, 4) is 5.75 Å². The number of aldehydes is 1. The van der Waals surface area contributed by atoms with Gasteiger partial charge in [-0.25, -0.2) is 4.39 Å². The van der Waals surface area contributed by atoms with Gasteiger partial charge in [0, 0.05) is 12.3 Å². The van der Waals surface area contributed by atoms with Crippen molar-refractivity contribution in [3.05, 3.63) is 24.0 Å². The van der Waals surface area contributed by atoms with E-state index in [9.17, 15) is 9.18 Å². The van der Waals surface area contributed by atoms with Gasteiger partial charge in [-0.2, -0.15) is 0 Å². The van der Waals surface area contributed by atoms with Crippen molar-refractivity contribution in [2.45, 2.75) is 4.83 Å². The van der Waals surface area contributed by atoms with Crippen LogP contribution < -0.4 is 4.74 Å². The normalized spacial score (nSPS) is 12.7. The highest BCUT2D eigenvalue weighted by molar-refractivity contribution is 9.10. The molecule has 0 radical (unpaired) electrons.